The molecule has 3 N–H and O–H groups in total. The van der Waals surface area contributed by atoms with Crippen molar-refractivity contribution in [3.63, 3.8) is 0 Å². The van der Waals surface area contributed by atoms with Crippen LogP contribution in [0.3, 0.4) is 0 Å². The molecule has 2 heterocycles. The number of piperidine rings is 1. The Morgan fingerprint density at radius 2 is 1.69 bits per heavy atom. The van der Waals surface area contributed by atoms with Crippen molar-refractivity contribution >= 4 is 17.3 Å². The summed E-state index contributed by atoms with van der Waals surface area (Å²) in [6.07, 6.45) is 3.60. The van der Waals surface area contributed by atoms with Crippen LogP contribution in [0.4, 0.5) is 24.5 Å². The lowest BCUT2D eigenvalue weighted by atomic mass is 10.1. The van der Waals surface area contributed by atoms with Gasteiger partial charge in [-0.2, -0.15) is 0 Å². The Balaban J connectivity index is 0.000000387. The highest BCUT2D eigenvalue weighted by molar-refractivity contribution is 6.01. The van der Waals surface area contributed by atoms with Gasteiger partial charge in [-0.25, -0.2) is 13.2 Å². The number of β-amino-alcohol motifs (C(OH)–C–C–N with tert-alkyl or cyclic N) is 1. The van der Waals surface area contributed by atoms with Gasteiger partial charge < -0.3 is 20.6 Å². The zero-order chi connectivity index (χ0) is 23.7. The van der Waals surface area contributed by atoms with Gasteiger partial charge in [0.05, 0.1) is 23.0 Å². The van der Waals surface area contributed by atoms with Crippen molar-refractivity contribution in [3.8, 4) is 0 Å². The summed E-state index contributed by atoms with van der Waals surface area (Å²) in [5.41, 5.74) is 0.0522. The Bertz CT molecular complexity index is 887. The number of hydrogen-bond acceptors (Lipinski definition) is 4. The molecule has 32 heavy (non-hydrogen) atoms. The zero-order valence-corrected chi connectivity index (χ0v) is 18.9. The maximum atomic E-state index is 14.2. The third kappa shape index (κ3) is 6.71. The highest BCUT2D eigenvalue weighted by Crippen LogP contribution is 2.30. The Labute approximate surface area is 187 Å². The molecule has 0 saturated carbocycles. The minimum Gasteiger partial charge on any atom is -0.389 e. The maximum absolute atomic E-state index is 14.2. The van der Waals surface area contributed by atoms with E-state index in [0.717, 1.165) is 12.1 Å². The first-order valence-electron chi connectivity index (χ1n) is 11.1. The van der Waals surface area contributed by atoms with Crippen LogP contribution >= 0.6 is 0 Å². The van der Waals surface area contributed by atoms with Gasteiger partial charge in [-0.3, -0.25) is 4.79 Å². The predicted molar refractivity (Wildman–Crippen MR) is 121 cm³/mol. The molecule has 0 radical (unpaired) electrons. The number of rotatable bonds is 3. The molecule has 2 fully saturated rings. The van der Waals surface area contributed by atoms with Crippen molar-refractivity contribution in [1.82, 2.24) is 10.2 Å². The van der Waals surface area contributed by atoms with Gasteiger partial charge >= 0.3 is 0 Å². The van der Waals surface area contributed by atoms with E-state index in [-0.39, 0.29) is 24.3 Å². The van der Waals surface area contributed by atoms with E-state index in [0.29, 0.717) is 5.56 Å². The van der Waals surface area contributed by atoms with Crippen LogP contribution in [0, 0.1) is 24.4 Å². The maximum Gasteiger partial charge on any atom is 0.256 e. The molecule has 0 spiro atoms. The number of aliphatic hydroxyl groups is 1. The number of nitrogens with one attached hydrogen (secondary N) is 2. The van der Waals surface area contributed by atoms with E-state index in [1.165, 1.54) is 49.4 Å². The SMILES string of the molecule is C1CCNCC1.CC.Cc1ccc(Nc2c(C(=O)N3CC(O)C3)ccc(F)c2F)c(F)c1. The third-order valence-corrected chi connectivity index (χ3v) is 5.07. The van der Waals surface area contributed by atoms with Gasteiger partial charge in [-0.05, 0) is 62.7 Å². The number of anilines is 2. The number of amides is 1. The van der Waals surface area contributed by atoms with Gasteiger partial charge in [-0.1, -0.05) is 26.3 Å². The molecule has 0 atom stereocenters. The summed E-state index contributed by atoms with van der Waals surface area (Å²) < 4.78 is 41.8. The molecule has 0 aliphatic carbocycles. The first kappa shape index (κ1) is 25.7. The fraction of sp³-hybridized carbons (Fsp3) is 0.458. The standard InChI is InChI=1S/C17H15F3N2O2.C5H11N.C2H6/c1-9-2-5-14(13(19)6-9)21-16-11(3-4-12(18)15(16)20)17(24)22-7-10(23)8-22;1-2-4-6-5-3-1;1-2/h2-6,10,21,23H,7-8H2,1H3;6H,1-5H2;1-2H3. The molecule has 176 valence electrons. The van der Waals surface area contributed by atoms with E-state index in [2.05, 4.69) is 10.6 Å². The van der Waals surface area contributed by atoms with Gasteiger partial charge in [0, 0.05) is 13.1 Å². The molecule has 4 rings (SSSR count). The highest BCUT2D eigenvalue weighted by Gasteiger charge is 2.32. The van der Waals surface area contributed by atoms with Crippen LogP contribution < -0.4 is 10.6 Å². The number of benzene rings is 2. The van der Waals surface area contributed by atoms with Crippen LogP contribution in [-0.4, -0.2) is 48.2 Å². The molecule has 2 saturated heterocycles. The van der Waals surface area contributed by atoms with E-state index in [4.69, 9.17) is 0 Å². The molecule has 2 aliphatic rings. The fourth-order valence-corrected chi connectivity index (χ4v) is 3.30. The molecule has 0 bridgehead atoms. The number of nitrogens with zero attached hydrogens (tertiary/aromatic N) is 1. The fourth-order valence-electron chi connectivity index (χ4n) is 3.30. The normalized spacial score (nSPS) is 15.5. The number of aliphatic hydroxyl groups excluding tert-OH is 1. The van der Waals surface area contributed by atoms with Gasteiger partial charge in [0.2, 0.25) is 0 Å². The molecule has 1 amide bonds. The second kappa shape index (κ2) is 12.5. The average molecular weight is 452 g/mol. The molecule has 2 aromatic rings. The second-order valence-corrected chi connectivity index (χ2v) is 7.57. The van der Waals surface area contributed by atoms with E-state index < -0.39 is 35.2 Å². The number of carbonyl (C=O) groups is 1. The Hall–Kier alpha value is -2.58. The third-order valence-electron chi connectivity index (χ3n) is 5.07. The van der Waals surface area contributed by atoms with Crippen LogP contribution in [-0.2, 0) is 0 Å². The second-order valence-electron chi connectivity index (χ2n) is 7.57. The Kier molecular flexibility index (Phi) is 9.99. The van der Waals surface area contributed by atoms with Crippen molar-refractivity contribution in [1.29, 1.82) is 0 Å². The summed E-state index contributed by atoms with van der Waals surface area (Å²) in [4.78, 5) is 13.7. The van der Waals surface area contributed by atoms with E-state index in [1.54, 1.807) is 13.0 Å². The number of aryl methyl sites for hydroxylation is 1. The van der Waals surface area contributed by atoms with E-state index >= 15 is 0 Å². The van der Waals surface area contributed by atoms with Gasteiger partial charge in [0.25, 0.3) is 5.91 Å². The quantitative estimate of drug-likeness (QED) is 0.630. The van der Waals surface area contributed by atoms with Crippen molar-refractivity contribution in [2.75, 3.05) is 31.5 Å². The van der Waals surface area contributed by atoms with Crippen LogP contribution in [0.15, 0.2) is 30.3 Å². The lowest BCUT2D eigenvalue weighted by Crippen LogP contribution is -2.53. The van der Waals surface area contributed by atoms with E-state index in [1.807, 2.05) is 13.8 Å². The smallest absolute Gasteiger partial charge is 0.256 e. The summed E-state index contributed by atoms with van der Waals surface area (Å²) in [7, 11) is 0. The molecule has 0 unspecified atom stereocenters. The molecule has 0 aromatic heterocycles. The topological polar surface area (TPSA) is 64.6 Å². The number of carbonyl (C=O) groups excluding carboxylic acids is 1. The molecular weight excluding hydrogens is 419 g/mol. The minimum absolute atomic E-state index is 0.0669. The largest absolute Gasteiger partial charge is 0.389 e. The minimum atomic E-state index is -1.26. The molecule has 8 heteroatoms. The van der Waals surface area contributed by atoms with Crippen LogP contribution in [0.2, 0.25) is 0 Å². The van der Waals surface area contributed by atoms with Crippen molar-refractivity contribution in [2.24, 2.45) is 0 Å². The van der Waals surface area contributed by atoms with Crippen molar-refractivity contribution < 1.29 is 23.1 Å². The van der Waals surface area contributed by atoms with Crippen molar-refractivity contribution in [3.05, 3.63) is 58.9 Å². The number of halogens is 3. The molecule has 2 aliphatic heterocycles. The summed E-state index contributed by atoms with van der Waals surface area (Å²) >= 11 is 0. The monoisotopic (exact) mass is 451 g/mol. The van der Waals surface area contributed by atoms with Crippen LogP contribution in [0.25, 0.3) is 0 Å². The molecular formula is C24H32F3N3O2. The average Bonchev–Trinajstić information content (AvgIpc) is 2.79. The van der Waals surface area contributed by atoms with E-state index in [9.17, 15) is 23.1 Å². The highest BCUT2D eigenvalue weighted by atomic mass is 19.2. The number of hydrogen-bond donors (Lipinski definition) is 3. The van der Waals surface area contributed by atoms with Gasteiger partial charge in [-0.15, -0.1) is 0 Å². The van der Waals surface area contributed by atoms with Crippen LogP contribution in [0.1, 0.15) is 49.0 Å². The number of likely N-dealkylation sites (tertiary alicyclic amines) is 1. The predicted octanol–water partition coefficient (Wildman–Crippen LogP) is 4.76. The lowest BCUT2D eigenvalue weighted by Gasteiger charge is -2.36. The first-order chi connectivity index (χ1) is 15.4. The summed E-state index contributed by atoms with van der Waals surface area (Å²) in [6.45, 7) is 8.44. The summed E-state index contributed by atoms with van der Waals surface area (Å²) in [5, 5.41) is 15.0. The van der Waals surface area contributed by atoms with Crippen LogP contribution in [0.5, 0.6) is 0 Å². The van der Waals surface area contributed by atoms with Gasteiger partial charge in [0.15, 0.2) is 11.6 Å². The zero-order valence-electron chi connectivity index (χ0n) is 18.9. The Morgan fingerprint density at radius 3 is 2.19 bits per heavy atom. The molecule has 2 aromatic carbocycles. The lowest BCUT2D eigenvalue weighted by molar-refractivity contribution is 0.00593. The molecule has 5 nitrogen and oxygen atoms in total. The summed E-state index contributed by atoms with van der Waals surface area (Å²) in [6, 6.07) is 6.22. The summed E-state index contributed by atoms with van der Waals surface area (Å²) in [5.74, 6) is -3.61. The Morgan fingerprint density at radius 1 is 1.03 bits per heavy atom. The van der Waals surface area contributed by atoms with Crippen molar-refractivity contribution in [2.45, 2.75) is 46.1 Å². The first-order valence-corrected chi connectivity index (χ1v) is 11.1. The van der Waals surface area contributed by atoms with Gasteiger partial charge in [0.1, 0.15) is 5.82 Å².